The summed E-state index contributed by atoms with van der Waals surface area (Å²) >= 11 is 0. The maximum absolute atomic E-state index is 10.8. The van der Waals surface area contributed by atoms with Crippen molar-refractivity contribution in [3.05, 3.63) is 58.1 Å². The molecule has 0 saturated carbocycles. The van der Waals surface area contributed by atoms with Crippen LogP contribution in [-0.4, -0.2) is 16.3 Å². The Morgan fingerprint density at radius 1 is 1.10 bits per heavy atom. The van der Waals surface area contributed by atoms with Crippen LogP contribution in [0.15, 0.2) is 52.7 Å². The smallest absolute Gasteiger partial charge is 0.296 e. The molecule has 0 saturated heterocycles. The molecule has 0 fully saturated rings. The van der Waals surface area contributed by atoms with Gasteiger partial charge in [0.05, 0.1) is 4.92 Å². The van der Waals surface area contributed by atoms with Crippen LogP contribution in [0.25, 0.3) is 0 Å². The summed E-state index contributed by atoms with van der Waals surface area (Å²) < 4.78 is 0. The van der Waals surface area contributed by atoms with Gasteiger partial charge in [-0.3, -0.25) is 14.9 Å². The Balaban J connectivity index is 2.39. The molecule has 0 aliphatic rings. The first kappa shape index (κ1) is 13.3. The van der Waals surface area contributed by atoms with Crippen molar-refractivity contribution in [1.82, 2.24) is 0 Å². The molecule has 0 atom stereocenters. The summed E-state index contributed by atoms with van der Waals surface area (Å²) in [6, 6.07) is 9.90. The number of phenols is 1. The third-order valence-electron chi connectivity index (χ3n) is 2.48. The van der Waals surface area contributed by atoms with E-state index in [1.54, 1.807) is 6.07 Å². The van der Waals surface area contributed by atoms with Crippen molar-refractivity contribution in [3.8, 4) is 5.75 Å². The molecule has 0 spiro atoms. The van der Waals surface area contributed by atoms with Crippen LogP contribution in [-0.2, 0) is 0 Å². The average molecular weight is 271 g/mol. The Kier molecular flexibility index (Phi) is 3.80. The summed E-state index contributed by atoms with van der Waals surface area (Å²) in [4.78, 5) is 20.9. The van der Waals surface area contributed by atoms with E-state index in [0.717, 1.165) is 0 Å². The zero-order valence-electron chi connectivity index (χ0n) is 10.1. The molecule has 20 heavy (non-hydrogen) atoms. The zero-order valence-corrected chi connectivity index (χ0v) is 10.1. The second kappa shape index (κ2) is 5.70. The van der Waals surface area contributed by atoms with E-state index in [4.69, 9.17) is 0 Å². The van der Waals surface area contributed by atoms with Crippen LogP contribution in [0, 0.1) is 10.1 Å². The highest BCUT2D eigenvalue weighted by atomic mass is 16.6. The predicted molar refractivity (Wildman–Crippen MR) is 70.8 cm³/mol. The molecule has 100 valence electrons. The Labute approximate surface area is 113 Å². The van der Waals surface area contributed by atoms with E-state index in [0.29, 0.717) is 11.8 Å². The molecule has 0 bridgehead atoms. The maximum atomic E-state index is 10.8. The van der Waals surface area contributed by atoms with E-state index < -0.39 is 4.92 Å². The lowest BCUT2D eigenvalue weighted by Gasteiger charge is -1.99. The Morgan fingerprint density at radius 3 is 2.50 bits per heavy atom. The quantitative estimate of drug-likeness (QED) is 0.397. The average Bonchev–Trinajstić information content (AvgIpc) is 2.46. The number of rotatable bonds is 4. The van der Waals surface area contributed by atoms with Gasteiger partial charge in [-0.15, -0.1) is 10.2 Å². The minimum absolute atomic E-state index is 0.0627. The van der Waals surface area contributed by atoms with Crippen molar-refractivity contribution in [1.29, 1.82) is 0 Å². The summed E-state index contributed by atoms with van der Waals surface area (Å²) in [5.41, 5.74) is 0.253. The van der Waals surface area contributed by atoms with E-state index in [-0.39, 0.29) is 22.8 Å². The number of hydrogen-bond acceptors (Lipinski definition) is 6. The lowest BCUT2D eigenvalue weighted by Crippen LogP contribution is -1.87. The Morgan fingerprint density at radius 2 is 1.80 bits per heavy atom. The van der Waals surface area contributed by atoms with Crippen molar-refractivity contribution in [2.45, 2.75) is 0 Å². The van der Waals surface area contributed by atoms with E-state index in [2.05, 4.69) is 10.2 Å². The lowest BCUT2D eigenvalue weighted by molar-refractivity contribution is -0.384. The van der Waals surface area contributed by atoms with Gasteiger partial charge in [0.15, 0.2) is 5.69 Å². The fraction of sp³-hybridized carbons (Fsp3) is 0. The van der Waals surface area contributed by atoms with Gasteiger partial charge in [-0.05, 0) is 24.3 Å². The highest BCUT2D eigenvalue weighted by molar-refractivity contribution is 5.77. The zero-order chi connectivity index (χ0) is 14.5. The standard InChI is InChI=1S/C13H9N3O4/c17-8-9-5-6-13(18)11(7-9)15-14-10-3-1-2-4-12(10)16(19)20/h1-8,18H. The summed E-state index contributed by atoms with van der Waals surface area (Å²) in [5, 5.41) is 27.9. The van der Waals surface area contributed by atoms with Crippen molar-refractivity contribution < 1.29 is 14.8 Å². The molecule has 0 aliphatic heterocycles. The van der Waals surface area contributed by atoms with Gasteiger partial charge in [0, 0.05) is 11.6 Å². The second-order valence-corrected chi connectivity index (χ2v) is 3.81. The molecule has 2 rings (SSSR count). The van der Waals surface area contributed by atoms with Crippen LogP contribution in [0.4, 0.5) is 17.1 Å². The number of benzene rings is 2. The minimum Gasteiger partial charge on any atom is -0.506 e. The molecule has 2 aromatic carbocycles. The van der Waals surface area contributed by atoms with E-state index in [9.17, 15) is 20.0 Å². The Hall–Kier alpha value is -3.09. The number of phenolic OH excluding ortho intramolecular Hbond substituents is 1. The fourth-order valence-corrected chi connectivity index (χ4v) is 1.50. The summed E-state index contributed by atoms with van der Waals surface area (Å²) in [5.74, 6) is -0.169. The van der Waals surface area contributed by atoms with Gasteiger partial charge in [0.2, 0.25) is 0 Å². The predicted octanol–water partition coefficient (Wildman–Crippen LogP) is 3.53. The number of azo groups is 1. The van der Waals surface area contributed by atoms with Gasteiger partial charge in [-0.1, -0.05) is 12.1 Å². The number of hydrogen-bond donors (Lipinski definition) is 1. The summed E-state index contributed by atoms with van der Waals surface area (Å²) in [6.45, 7) is 0. The van der Waals surface area contributed by atoms with Crippen LogP contribution >= 0.6 is 0 Å². The first-order chi connectivity index (χ1) is 9.61. The van der Waals surface area contributed by atoms with Gasteiger partial charge in [-0.2, -0.15) is 0 Å². The number of nitro benzene ring substituents is 1. The van der Waals surface area contributed by atoms with Crippen LogP contribution in [0.3, 0.4) is 0 Å². The van der Waals surface area contributed by atoms with Crippen molar-refractivity contribution in [3.63, 3.8) is 0 Å². The van der Waals surface area contributed by atoms with Crippen molar-refractivity contribution >= 4 is 23.3 Å². The van der Waals surface area contributed by atoms with Gasteiger partial charge >= 0.3 is 0 Å². The van der Waals surface area contributed by atoms with Crippen LogP contribution in [0.1, 0.15) is 10.4 Å². The molecule has 7 heteroatoms. The van der Waals surface area contributed by atoms with Gasteiger partial charge in [0.1, 0.15) is 17.7 Å². The number of para-hydroxylation sites is 1. The molecule has 0 unspecified atom stereocenters. The fourth-order valence-electron chi connectivity index (χ4n) is 1.50. The molecular weight excluding hydrogens is 262 g/mol. The van der Waals surface area contributed by atoms with Crippen LogP contribution < -0.4 is 0 Å². The molecule has 7 nitrogen and oxygen atoms in total. The number of aldehydes is 1. The minimum atomic E-state index is -0.573. The number of carbonyl (C=O) groups is 1. The third-order valence-corrected chi connectivity index (χ3v) is 2.48. The first-order valence-electron chi connectivity index (χ1n) is 5.55. The number of aromatic hydroxyl groups is 1. The normalized spacial score (nSPS) is 10.6. The summed E-state index contributed by atoms with van der Waals surface area (Å²) in [7, 11) is 0. The molecule has 0 aromatic heterocycles. The molecule has 2 aromatic rings. The highest BCUT2D eigenvalue weighted by Crippen LogP contribution is 2.31. The van der Waals surface area contributed by atoms with Gasteiger partial charge in [-0.25, -0.2) is 0 Å². The summed E-state index contributed by atoms with van der Waals surface area (Å²) in [6.07, 6.45) is 0.601. The molecule has 0 heterocycles. The molecule has 0 aliphatic carbocycles. The van der Waals surface area contributed by atoms with E-state index in [1.807, 2.05) is 0 Å². The van der Waals surface area contributed by atoms with Gasteiger partial charge in [0.25, 0.3) is 5.69 Å². The third kappa shape index (κ3) is 2.83. The van der Waals surface area contributed by atoms with Crippen molar-refractivity contribution in [2.75, 3.05) is 0 Å². The number of carbonyl (C=O) groups excluding carboxylic acids is 1. The largest absolute Gasteiger partial charge is 0.506 e. The molecule has 0 radical (unpaired) electrons. The van der Waals surface area contributed by atoms with Gasteiger partial charge < -0.3 is 5.11 Å². The monoisotopic (exact) mass is 271 g/mol. The van der Waals surface area contributed by atoms with E-state index in [1.165, 1.54) is 36.4 Å². The highest BCUT2D eigenvalue weighted by Gasteiger charge is 2.11. The van der Waals surface area contributed by atoms with Crippen molar-refractivity contribution in [2.24, 2.45) is 10.2 Å². The SMILES string of the molecule is O=Cc1ccc(O)c(N=Nc2ccccc2[N+](=O)[O-])c1. The molecule has 0 amide bonds. The molecule has 1 N–H and O–H groups in total. The molecular formula is C13H9N3O4. The van der Waals surface area contributed by atoms with E-state index >= 15 is 0 Å². The second-order valence-electron chi connectivity index (χ2n) is 3.81. The topological polar surface area (TPSA) is 105 Å². The maximum Gasteiger partial charge on any atom is 0.296 e. The number of nitrogens with zero attached hydrogens (tertiary/aromatic N) is 3. The van der Waals surface area contributed by atoms with Crippen LogP contribution in [0.5, 0.6) is 5.75 Å². The first-order valence-corrected chi connectivity index (χ1v) is 5.55. The Bertz CT molecular complexity index is 698. The van der Waals surface area contributed by atoms with Crippen LogP contribution in [0.2, 0.25) is 0 Å². The lowest BCUT2D eigenvalue weighted by atomic mass is 10.2. The number of nitro groups is 1.